The van der Waals surface area contributed by atoms with Gasteiger partial charge < -0.3 is 15.7 Å². The molecule has 0 fully saturated rings. The summed E-state index contributed by atoms with van der Waals surface area (Å²) < 4.78 is 1.61. The summed E-state index contributed by atoms with van der Waals surface area (Å²) in [6.45, 7) is 4.19. The summed E-state index contributed by atoms with van der Waals surface area (Å²) in [4.78, 5) is 35.9. The Bertz CT molecular complexity index is 1590. The molecule has 38 heavy (non-hydrogen) atoms. The average Bonchev–Trinajstić information content (AvgIpc) is 3.56. The average molecular weight is 512 g/mol. The summed E-state index contributed by atoms with van der Waals surface area (Å²) in [7, 11) is 0. The third kappa shape index (κ3) is 5.12. The van der Waals surface area contributed by atoms with Gasteiger partial charge in [-0.05, 0) is 54.3 Å². The zero-order valence-electron chi connectivity index (χ0n) is 21.2. The standard InChI is InChI=1S/C28H29N7O3/c1-17(2)12-20(16-36)32-28(38)25-24(23-7-3-4-10-29-23)33-26-21(6-5-11-35(25)26)27(37)30-14-18-8-9-22-19(13-18)15-31-34-22/h3-11,13,15,17,20,36H,12,14,16H2,1-2H3,(H,30,37)(H,31,34)(H,32,38)/t20-/m0/s1. The molecule has 1 atom stereocenters. The van der Waals surface area contributed by atoms with Crippen molar-refractivity contribution in [2.24, 2.45) is 5.92 Å². The SMILES string of the molecule is CC(C)C[C@@H](CO)NC(=O)c1c(-c2ccccn2)nc2c(C(=O)NCc3ccc4[nH]ncc4c3)cccn12. The fourth-order valence-corrected chi connectivity index (χ4v) is 4.52. The lowest BCUT2D eigenvalue weighted by Crippen LogP contribution is -2.39. The van der Waals surface area contributed by atoms with E-state index in [1.54, 1.807) is 47.3 Å². The molecule has 0 bridgehead atoms. The molecule has 5 aromatic rings. The Balaban J connectivity index is 1.49. The molecule has 10 nitrogen and oxygen atoms in total. The Hall–Kier alpha value is -4.57. The number of imidazole rings is 1. The largest absolute Gasteiger partial charge is 0.394 e. The molecule has 0 aliphatic heterocycles. The molecule has 0 saturated heterocycles. The predicted molar refractivity (Wildman–Crippen MR) is 143 cm³/mol. The molecule has 5 rings (SSSR count). The predicted octanol–water partition coefficient (Wildman–Crippen LogP) is 3.34. The monoisotopic (exact) mass is 511 g/mol. The number of nitrogens with zero attached hydrogens (tertiary/aromatic N) is 4. The van der Waals surface area contributed by atoms with Crippen molar-refractivity contribution < 1.29 is 14.7 Å². The highest BCUT2D eigenvalue weighted by molar-refractivity contribution is 6.04. The number of nitrogens with one attached hydrogen (secondary N) is 3. The Morgan fingerprint density at radius 2 is 1.97 bits per heavy atom. The number of pyridine rings is 2. The third-order valence-electron chi connectivity index (χ3n) is 6.29. The van der Waals surface area contributed by atoms with Crippen LogP contribution in [0.3, 0.4) is 0 Å². The van der Waals surface area contributed by atoms with Gasteiger partial charge in [-0.25, -0.2) is 4.98 Å². The lowest BCUT2D eigenvalue weighted by molar-refractivity contribution is 0.0901. The second kappa shape index (κ2) is 10.8. The van der Waals surface area contributed by atoms with Gasteiger partial charge in [-0.1, -0.05) is 26.0 Å². The maximum absolute atomic E-state index is 13.5. The smallest absolute Gasteiger partial charge is 0.270 e. The molecule has 0 aliphatic rings. The van der Waals surface area contributed by atoms with Crippen LogP contribution in [0.1, 0.15) is 46.7 Å². The summed E-state index contributed by atoms with van der Waals surface area (Å²) in [5.74, 6) is -0.432. The number of carbonyl (C=O) groups excluding carboxylic acids is 2. The molecule has 0 aliphatic carbocycles. The lowest BCUT2D eigenvalue weighted by Gasteiger charge is -2.18. The first-order chi connectivity index (χ1) is 18.4. The van der Waals surface area contributed by atoms with Crippen LogP contribution in [-0.4, -0.2) is 54.1 Å². The van der Waals surface area contributed by atoms with E-state index in [0.717, 1.165) is 16.5 Å². The van der Waals surface area contributed by atoms with Gasteiger partial charge in [0, 0.05) is 24.3 Å². The van der Waals surface area contributed by atoms with Crippen LogP contribution < -0.4 is 10.6 Å². The molecular weight excluding hydrogens is 482 g/mol. The van der Waals surface area contributed by atoms with E-state index in [9.17, 15) is 14.7 Å². The van der Waals surface area contributed by atoms with Crippen LogP contribution in [0.4, 0.5) is 0 Å². The summed E-state index contributed by atoms with van der Waals surface area (Å²) in [5, 5.41) is 23.6. The maximum atomic E-state index is 13.5. The number of aliphatic hydroxyl groups is 1. The highest BCUT2D eigenvalue weighted by Crippen LogP contribution is 2.25. The maximum Gasteiger partial charge on any atom is 0.270 e. The number of hydrogen-bond donors (Lipinski definition) is 4. The molecule has 4 aromatic heterocycles. The van der Waals surface area contributed by atoms with Gasteiger partial charge in [-0.15, -0.1) is 0 Å². The van der Waals surface area contributed by atoms with Crippen molar-refractivity contribution in [2.75, 3.05) is 6.61 Å². The Labute approximate surface area is 219 Å². The van der Waals surface area contributed by atoms with E-state index in [4.69, 9.17) is 4.98 Å². The van der Waals surface area contributed by atoms with E-state index in [-0.39, 0.29) is 24.1 Å². The van der Waals surface area contributed by atoms with Gasteiger partial charge in [0.1, 0.15) is 11.4 Å². The number of hydrogen-bond acceptors (Lipinski definition) is 6. The number of aliphatic hydroxyl groups excluding tert-OH is 1. The number of carbonyl (C=O) groups is 2. The fraction of sp³-hybridized carbons (Fsp3) is 0.250. The van der Waals surface area contributed by atoms with E-state index in [1.165, 1.54) is 0 Å². The van der Waals surface area contributed by atoms with Gasteiger partial charge >= 0.3 is 0 Å². The van der Waals surface area contributed by atoms with Gasteiger partial charge in [0.25, 0.3) is 11.8 Å². The molecule has 0 spiro atoms. The van der Waals surface area contributed by atoms with Crippen LogP contribution in [0.5, 0.6) is 0 Å². The van der Waals surface area contributed by atoms with E-state index < -0.39 is 11.9 Å². The molecule has 0 unspecified atom stereocenters. The van der Waals surface area contributed by atoms with Crippen molar-refractivity contribution in [1.82, 2.24) is 35.2 Å². The second-order valence-corrected chi connectivity index (χ2v) is 9.60. The van der Waals surface area contributed by atoms with Crippen LogP contribution >= 0.6 is 0 Å². The number of H-pyrrole nitrogens is 1. The summed E-state index contributed by atoms with van der Waals surface area (Å²) in [5.41, 5.74) is 3.63. The highest BCUT2D eigenvalue weighted by Gasteiger charge is 2.26. The number of amides is 2. The first-order valence-electron chi connectivity index (χ1n) is 12.5. The summed E-state index contributed by atoms with van der Waals surface area (Å²) in [6.07, 6.45) is 5.68. The van der Waals surface area contributed by atoms with E-state index in [2.05, 4.69) is 25.8 Å². The molecule has 0 saturated carbocycles. The van der Waals surface area contributed by atoms with Gasteiger partial charge in [-0.2, -0.15) is 5.10 Å². The van der Waals surface area contributed by atoms with Crippen LogP contribution in [-0.2, 0) is 6.54 Å². The zero-order chi connectivity index (χ0) is 26.6. The zero-order valence-corrected chi connectivity index (χ0v) is 21.2. The molecular formula is C28H29N7O3. The quantitative estimate of drug-likeness (QED) is 0.240. The van der Waals surface area contributed by atoms with Crippen molar-refractivity contribution in [3.8, 4) is 11.4 Å². The molecule has 1 aromatic carbocycles. The van der Waals surface area contributed by atoms with Gasteiger partial charge in [0.15, 0.2) is 5.65 Å². The van der Waals surface area contributed by atoms with Crippen molar-refractivity contribution in [3.05, 3.63) is 83.9 Å². The number of fused-ring (bicyclic) bond motifs is 2. The number of rotatable bonds is 9. The Morgan fingerprint density at radius 3 is 2.74 bits per heavy atom. The van der Waals surface area contributed by atoms with E-state index >= 15 is 0 Å². The first-order valence-corrected chi connectivity index (χ1v) is 12.5. The summed E-state index contributed by atoms with van der Waals surface area (Å²) >= 11 is 0. The van der Waals surface area contributed by atoms with Crippen LogP contribution in [0.25, 0.3) is 27.9 Å². The second-order valence-electron chi connectivity index (χ2n) is 9.60. The molecule has 10 heteroatoms. The Morgan fingerprint density at radius 1 is 1.11 bits per heavy atom. The van der Waals surface area contributed by atoms with Crippen LogP contribution in [0.2, 0.25) is 0 Å². The van der Waals surface area contributed by atoms with Crippen molar-refractivity contribution in [1.29, 1.82) is 0 Å². The van der Waals surface area contributed by atoms with E-state index in [0.29, 0.717) is 35.6 Å². The summed E-state index contributed by atoms with van der Waals surface area (Å²) in [6, 6.07) is 14.1. The number of aromatic nitrogens is 5. The van der Waals surface area contributed by atoms with Crippen molar-refractivity contribution >= 4 is 28.4 Å². The lowest BCUT2D eigenvalue weighted by atomic mass is 10.0. The fourth-order valence-electron chi connectivity index (χ4n) is 4.52. The normalized spacial score (nSPS) is 12.2. The topological polar surface area (TPSA) is 137 Å². The minimum atomic E-state index is -0.413. The highest BCUT2D eigenvalue weighted by atomic mass is 16.3. The molecule has 4 N–H and O–H groups in total. The van der Waals surface area contributed by atoms with Gasteiger partial charge in [0.2, 0.25) is 0 Å². The molecule has 194 valence electrons. The van der Waals surface area contributed by atoms with Crippen molar-refractivity contribution in [2.45, 2.75) is 32.9 Å². The van der Waals surface area contributed by atoms with Gasteiger partial charge in [0.05, 0.1) is 35.6 Å². The third-order valence-corrected chi connectivity index (χ3v) is 6.29. The molecule has 2 amide bonds. The van der Waals surface area contributed by atoms with Crippen molar-refractivity contribution in [3.63, 3.8) is 0 Å². The first kappa shape index (κ1) is 25.1. The van der Waals surface area contributed by atoms with Crippen LogP contribution in [0, 0.1) is 5.92 Å². The van der Waals surface area contributed by atoms with E-state index in [1.807, 2.05) is 38.1 Å². The minimum Gasteiger partial charge on any atom is -0.394 e. The minimum absolute atomic E-state index is 0.183. The van der Waals surface area contributed by atoms with Crippen LogP contribution in [0.15, 0.2) is 67.1 Å². The van der Waals surface area contributed by atoms with Gasteiger partial charge in [-0.3, -0.25) is 24.1 Å². The Kier molecular flexibility index (Phi) is 7.14. The molecule has 4 heterocycles. The number of benzene rings is 1. The molecule has 0 radical (unpaired) electrons. The number of aromatic amines is 1.